The standard InChI is InChI=1S/C15H19BrN2O/c16-13-4-3-12(17)8-14(13)18-15(19)7-11-6-9-1-2-10(11)5-9/h3-4,8-11H,1-2,5-7,17H2,(H,18,19). The third kappa shape index (κ3) is 2.78. The average Bonchev–Trinajstić information content (AvgIpc) is 2.96. The Hall–Kier alpha value is -1.03. The molecule has 0 spiro atoms. The molecule has 2 fully saturated rings. The summed E-state index contributed by atoms with van der Waals surface area (Å²) < 4.78 is 0.878. The van der Waals surface area contributed by atoms with Crippen molar-refractivity contribution >= 4 is 33.2 Å². The smallest absolute Gasteiger partial charge is 0.224 e. The zero-order chi connectivity index (χ0) is 13.4. The Bertz CT molecular complexity index is 503. The first kappa shape index (κ1) is 13.0. The summed E-state index contributed by atoms with van der Waals surface area (Å²) in [7, 11) is 0. The summed E-state index contributed by atoms with van der Waals surface area (Å²) in [6, 6.07) is 5.47. The molecule has 3 nitrogen and oxygen atoms in total. The van der Waals surface area contributed by atoms with Gasteiger partial charge in [-0.25, -0.2) is 0 Å². The Morgan fingerprint density at radius 3 is 2.89 bits per heavy atom. The molecular weight excluding hydrogens is 304 g/mol. The van der Waals surface area contributed by atoms with E-state index >= 15 is 0 Å². The molecule has 3 atom stereocenters. The van der Waals surface area contributed by atoms with E-state index in [2.05, 4.69) is 21.2 Å². The first-order valence-corrected chi connectivity index (χ1v) is 7.76. The normalized spacial score (nSPS) is 28.6. The first-order valence-electron chi connectivity index (χ1n) is 6.96. The van der Waals surface area contributed by atoms with Crippen LogP contribution in [0.4, 0.5) is 11.4 Å². The number of halogens is 1. The van der Waals surface area contributed by atoms with Gasteiger partial charge < -0.3 is 11.1 Å². The molecule has 0 aromatic heterocycles. The molecule has 0 heterocycles. The average molecular weight is 323 g/mol. The SMILES string of the molecule is Nc1ccc(Br)c(NC(=O)CC2CC3CCC2C3)c1. The van der Waals surface area contributed by atoms with Crippen molar-refractivity contribution in [2.24, 2.45) is 17.8 Å². The lowest BCUT2D eigenvalue weighted by molar-refractivity contribution is -0.117. The maximum absolute atomic E-state index is 12.1. The van der Waals surface area contributed by atoms with Crippen molar-refractivity contribution in [3.8, 4) is 0 Å². The molecule has 3 N–H and O–H groups in total. The van der Waals surface area contributed by atoms with Gasteiger partial charge >= 0.3 is 0 Å². The van der Waals surface area contributed by atoms with Gasteiger partial charge in [-0.15, -0.1) is 0 Å². The molecule has 2 bridgehead atoms. The van der Waals surface area contributed by atoms with Gasteiger partial charge in [0.15, 0.2) is 0 Å². The maximum Gasteiger partial charge on any atom is 0.224 e. The number of anilines is 2. The van der Waals surface area contributed by atoms with E-state index in [1.54, 1.807) is 6.07 Å². The highest BCUT2D eigenvalue weighted by Gasteiger charge is 2.40. The number of fused-ring (bicyclic) bond motifs is 2. The van der Waals surface area contributed by atoms with Crippen molar-refractivity contribution < 1.29 is 4.79 Å². The van der Waals surface area contributed by atoms with Gasteiger partial charge in [0, 0.05) is 16.6 Å². The summed E-state index contributed by atoms with van der Waals surface area (Å²) in [6.45, 7) is 0. The number of benzene rings is 1. The molecule has 2 saturated carbocycles. The van der Waals surface area contributed by atoms with E-state index in [9.17, 15) is 4.79 Å². The lowest BCUT2D eigenvalue weighted by Crippen LogP contribution is -2.20. The lowest BCUT2D eigenvalue weighted by Gasteiger charge is -2.21. The molecule has 2 aliphatic rings. The van der Waals surface area contributed by atoms with Crippen molar-refractivity contribution in [3.05, 3.63) is 22.7 Å². The topological polar surface area (TPSA) is 55.1 Å². The molecule has 0 saturated heterocycles. The first-order chi connectivity index (χ1) is 9.11. The van der Waals surface area contributed by atoms with Crippen molar-refractivity contribution in [3.63, 3.8) is 0 Å². The van der Waals surface area contributed by atoms with Crippen LogP contribution in [-0.2, 0) is 4.79 Å². The third-order valence-electron chi connectivity index (χ3n) is 4.60. The minimum Gasteiger partial charge on any atom is -0.399 e. The number of nitrogens with two attached hydrogens (primary N) is 1. The molecule has 0 aliphatic heterocycles. The van der Waals surface area contributed by atoms with Crippen LogP contribution >= 0.6 is 15.9 Å². The molecule has 102 valence electrons. The van der Waals surface area contributed by atoms with Crippen LogP contribution < -0.4 is 11.1 Å². The van der Waals surface area contributed by atoms with E-state index in [0.29, 0.717) is 18.0 Å². The monoisotopic (exact) mass is 322 g/mol. The maximum atomic E-state index is 12.1. The number of amides is 1. The number of hydrogen-bond acceptors (Lipinski definition) is 2. The second-order valence-electron chi connectivity index (χ2n) is 5.93. The van der Waals surface area contributed by atoms with Gasteiger partial charge in [0.05, 0.1) is 5.69 Å². The summed E-state index contributed by atoms with van der Waals surface area (Å²) in [5, 5.41) is 2.97. The van der Waals surface area contributed by atoms with Crippen molar-refractivity contribution in [1.82, 2.24) is 0 Å². The summed E-state index contributed by atoms with van der Waals surface area (Å²) in [6.07, 6.45) is 5.95. The fourth-order valence-electron chi connectivity index (χ4n) is 3.70. The predicted octanol–water partition coefficient (Wildman–Crippen LogP) is 3.80. The van der Waals surface area contributed by atoms with E-state index in [0.717, 1.165) is 22.0 Å². The Labute approximate surface area is 122 Å². The van der Waals surface area contributed by atoms with Crippen LogP contribution in [0.15, 0.2) is 22.7 Å². The molecule has 3 unspecified atom stereocenters. The molecule has 1 aromatic rings. The van der Waals surface area contributed by atoms with Crippen molar-refractivity contribution in [1.29, 1.82) is 0 Å². The van der Waals surface area contributed by atoms with Gasteiger partial charge in [0.1, 0.15) is 0 Å². The number of carbonyl (C=O) groups is 1. The van der Waals surface area contributed by atoms with Gasteiger partial charge in [0.2, 0.25) is 5.91 Å². The molecule has 3 rings (SSSR count). The van der Waals surface area contributed by atoms with Gasteiger partial charge in [-0.2, -0.15) is 0 Å². The van der Waals surface area contributed by atoms with Gasteiger partial charge in [0.25, 0.3) is 0 Å². The molecule has 19 heavy (non-hydrogen) atoms. The quantitative estimate of drug-likeness (QED) is 0.832. The van der Waals surface area contributed by atoms with Crippen molar-refractivity contribution in [2.45, 2.75) is 32.1 Å². The Morgan fingerprint density at radius 1 is 1.37 bits per heavy atom. The summed E-state index contributed by atoms with van der Waals surface area (Å²) >= 11 is 3.43. The largest absolute Gasteiger partial charge is 0.399 e. The van der Waals surface area contributed by atoms with Crippen molar-refractivity contribution in [2.75, 3.05) is 11.1 Å². The number of carbonyl (C=O) groups excluding carboxylic acids is 1. The number of rotatable bonds is 3. The fourth-order valence-corrected chi connectivity index (χ4v) is 4.05. The van der Waals surface area contributed by atoms with Crippen LogP contribution in [0.2, 0.25) is 0 Å². The second-order valence-corrected chi connectivity index (χ2v) is 6.78. The predicted molar refractivity (Wildman–Crippen MR) is 80.7 cm³/mol. The zero-order valence-corrected chi connectivity index (χ0v) is 12.4. The highest BCUT2D eigenvalue weighted by Crippen LogP contribution is 2.49. The molecule has 4 heteroatoms. The highest BCUT2D eigenvalue weighted by molar-refractivity contribution is 9.10. The molecule has 0 radical (unpaired) electrons. The molecular formula is C15H19BrN2O. The number of nitrogen functional groups attached to an aromatic ring is 1. The van der Waals surface area contributed by atoms with Crippen LogP contribution in [0.1, 0.15) is 32.1 Å². The van der Waals surface area contributed by atoms with E-state index in [-0.39, 0.29) is 5.91 Å². The lowest BCUT2D eigenvalue weighted by atomic mass is 9.86. The van der Waals surface area contributed by atoms with Crippen LogP contribution in [0.3, 0.4) is 0 Å². The van der Waals surface area contributed by atoms with E-state index in [1.807, 2.05) is 12.1 Å². The molecule has 1 amide bonds. The molecule has 2 aliphatic carbocycles. The van der Waals surface area contributed by atoms with Crippen LogP contribution in [-0.4, -0.2) is 5.91 Å². The van der Waals surface area contributed by atoms with Crippen LogP contribution in [0.25, 0.3) is 0 Å². The van der Waals surface area contributed by atoms with E-state index in [1.165, 1.54) is 25.7 Å². The summed E-state index contributed by atoms with van der Waals surface area (Å²) in [5.74, 6) is 2.39. The fraction of sp³-hybridized carbons (Fsp3) is 0.533. The minimum absolute atomic E-state index is 0.115. The van der Waals surface area contributed by atoms with Crippen LogP contribution in [0, 0.1) is 17.8 Å². The van der Waals surface area contributed by atoms with E-state index < -0.39 is 0 Å². The third-order valence-corrected chi connectivity index (χ3v) is 5.29. The van der Waals surface area contributed by atoms with Gasteiger partial charge in [-0.1, -0.05) is 6.42 Å². The van der Waals surface area contributed by atoms with E-state index in [4.69, 9.17) is 5.73 Å². The Kier molecular flexibility index (Phi) is 3.52. The second kappa shape index (κ2) is 5.16. The molecule has 1 aromatic carbocycles. The summed E-state index contributed by atoms with van der Waals surface area (Å²) in [4.78, 5) is 12.1. The highest BCUT2D eigenvalue weighted by atomic mass is 79.9. The Balaban J connectivity index is 1.61. The van der Waals surface area contributed by atoms with Gasteiger partial charge in [-0.05, 0) is 71.1 Å². The minimum atomic E-state index is 0.115. The number of nitrogens with one attached hydrogen (secondary N) is 1. The Morgan fingerprint density at radius 2 is 2.21 bits per heavy atom. The zero-order valence-electron chi connectivity index (χ0n) is 10.9. The van der Waals surface area contributed by atoms with Gasteiger partial charge in [-0.3, -0.25) is 4.79 Å². The number of hydrogen-bond donors (Lipinski definition) is 2. The van der Waals surface area contributed by atoms with Crippen LogP contribution in [0.5, 0.6) is 0 Å². The summed E-state index contributed by atoms with van der Waals surface area (Å²) in [5.41, 5.74) is 7.18.